The molecule has 0 unspecified atom stereocenters. The van der Waals surface area contributed by atoms with Gasteiger partial charge in [-0.25, -0.2) is 4.39 Å². The van der Waals surface area contributed by atoms with Crippen molar-refractivity contribution < 1.29 is 18.7 Å². The SMILES string of the molecule is COc1ccc(C(=O)Nc2cc(C(=O)N3CCC(c4ccc(/C(C=N)=C/F)cc4)CC3)ccc2C)cc1. The van der Waals surface area contributed by atoms with Gasteiger partial charge in [0.05, 0.1) is 13.4 Å². The summed E-state index contributed by atoms with van der Waals surface area (Å²) in [6.07, 6.45) is 3.09. The van der Waals surface area contributed by atoms with Crippen LogP contribution in [-0.4, -0.2) is 43.1 Å². The average molecular weight is 500 g/mol. The smallest absolute Gasteiger partial charge is 0.255 e. The summed E-state index contributed by atoms with van der Waals surface area (Å²) in [7, 11) is 1.57. The predicted molar refractivity (Wildman–Crippen MR) is 144 cm³/mol. The molecule has 2 N–H and O–H groups in total. The summed E-state index contributed by atoms with van der Waals surface area (Å²) in [5, 5.41) is 10.2. The standard InChI is InChI=1S/C30H30FN3O3/c1-20-3-4-25(17-28(20)33-29(35)24-9-11-27(37-2)12-10-24)30(36)34-15-13-23(14-16-34)21-5-7-22(8-6-21)26(18-31)19-32/h3-12,17-19,23,32H,13-16H2,1-2H3,(H,33,35)/b26-18+,32-19?. The zero-order valence-electron chi connectivity index (χ0n) is 21.0. The Kier molecular flexibility index (Phi) is 8.13. The number of carbonyl (C=O) groups excluding carboxylic acids is 2. The second-order valence-electron chi connectivity index (χ2n) is 9.11. The number of nitrogens with one attached hydrogen (secondary N) is 2. The fraction of sp³-hybridized carbons (Fsp3) is 0.233. The van der Waals surface area contributed by atoms with Gasteiger partial charge in [0, 0.05) is 41.7 Å². The number of likely N-dealkylation sites (tertiary alicyclic amines) is 1. The number of amides is 2. The molecule has 0 radical (unpaired) electrons. The lowest BCUT2D eigenvalue weighted by Gasteiger charge is -2.32. The van der Waals surface area contributed by atoms with Crippen molar-refractivity contribution in [2.45, 2.75) is 25.7 Å². The molecule has 6 nitrogen and oxygen atoms in total. The number of nitrogens with zero attached hydrogens (tertiary/aromatic N) is 1. The maximum Gasteiger partial charge on any atom is 0.255 e. The van der Waals surface area contributed by atoms with E-state index in [0.717, 1.165) is 30.2 Å². The highest BCUT2D eigenvalue weighted by atomic mass is 19.1. The maximum atomic E-state index is 13.3. The van der Waals surface area contributed by atoms with Gasteiger partial charge in [-0.05, 0) is 78.8 Å². The van der Waals surface area contributed by atoms with Crippen LogP contribution in [0.5, 0.6) is 5.75 Å². The number of methoxy groups -OCH3 is 1. The van der Waals surface area contributed by atoms with Crippen molar-refractivity contribution in [3.05, 3.63) is 101 Å². The Hall–Kier alpha value is -4.26. The van der Waals surface area contributed by atoms with Gasteiger partial charge in [0.1, 0.15) is 5.75 Å². The molecule has 1 fully saturated rings. The minimum atomic E-state index is -0.253. The number of ether oxygens (including phenoxy) is 1. The third-order valence-corrected chi connectivity index (χ3v) is 6.86. The van der Waals surface area contributed by atoms with Crippen molar-refractivity contribution in [3.63, 3.8) is 0 Å². The summed E-state index contributed by atoms with van der Waals surface area (Å²) >= 11 is 0. The highest BCUT2D eigenvalue weighted by Crippen LogP contribution is 2.30. The van der Waals surface area contributed by atoms with E-state index in [1.54, 1.807) is 43.5 Å². The topological polar surface area (TPSA) is 82.5 Å². The molecule has 1 aliphatic rings. The number of hydrogen-bond donors (Lipinski definition) is 2. The number of hydrogen-bond acceptors (Lipinski definition) is 4. The van der Waals surface area contributed by atoms with E-state index < -0.39 is 0 Å². The third kappa shape index (κ3) is 5.94. The number of carbonyl (C=O) groups is 2. The van der Waals surface area contributed by atoms with Crippen LogP contribution in [0, 0.1) is 12.3 Å². The van der Waals surface area contributed by atoms with Gasteiger partial charge in [-0.2, -0.15) is 0 Å². The number of benzene rings is 3. The van der Waals surface area contributed by atoms with Crippen molar-refractivity contribution in [2.75, 3.05) is 25.5 Å². The first-order chi connectivity index (χ1) is 17.9. The van der Waals surface area contributed by atoms with Crippen molar-refractivity contribution >= 4 is 29.3 Å². The normalized spacial score (nSPS) is 14.2. The molecule has 0 spiro atoms. The molecule has 7 heteroatoms. The van der Waals surface area contributed by atoms with Gasteiger partial charge in [0.15, 0.2) is 0 Å². The largest absolute Gasteiger partial charge is 0.497 e. The molecule has 0 aliphatic carbocycles. The first-order valence-corrected chi connectivity index (χ1v) is 12.2. The molecule has 37 heavy (non-hydrogen) atoms. The lowest BCUT2D eigenvalue weighted by molar-refractivity contribution is 0.0712. The van der Waals surface area contributed by atoms with E-state index >= 15 is 0 Å². The van der Waals surface area contributed by atoms with Gasteiger partial charge >= 0.3 is 0 Å². The molecule has 1 saturated heterocycles. The predicted octanol–water partition coefficient (Wildman–Crippen LogP) is 6.24. The monoisotopic (exact) mass is 499 g/mol. The van der Waals surface area contributed by atoms with E-state index in [-0.39, 0.29) is 17.4 Å². The maximum absolute atomic E-state index is 13.3. The number of piperidine rings is 1. The second-order valence-corrected chi connectivity index (χ2v) is 9.11. The Morgan fingerprint density at radius 1 is 0.973 bits per heavy atom. The van der Waals surface area contributed by atoms with E-state index in [9.17, 15) is 14.0 Å². The highest BCUT2D eigenvalue weighted by Gasteiger charge is 2.25. The molecule has 1 aliphatic heterocycles. The van der Waals surface area contributed by atoms with E-state index in [1.807, 2.05) is 42.2 Å². The number of allylic oxidation sites excluding steroid dienone is 1. The molecule has 0 atom stereocenters. The van der Waals surface area contributed by atoms with Crippen LogP contribution in [0.4, 0.5) is 10.1 Å². The fourth-order valence-corrected chi connectivity index (χ4v) is 4.55. The highest BCUT2D eigenvalue weighted by molar-refractivity contribution is 6.08. The van der Waals surface area contributed by atoms with Gasteiger partial charge in [-0.1, -0.05) is 30.3 Å². The first kappa shape index (κ1) is 25.8. The summed E-state index contributed by atoms with van der Waals surface area (Å²) in [5.41, 5.74) is 4.57. The van der Waals surface area contributed by atoms with Gasteiger partial charge < -0.3 is 20.4 Å². The number of anilines is 1. The molecular weight excluding hydrogens is 469 g/mol. The van der Waals surface area contributed by atoms with Crippen molar-refractivity contribution in [2.24, 2.45) is 0 Å². The fourth-order valence-electron chi connectivity index (χ4n) is 4.55. The van der Waals surface area contributed by atoms with E-state index in [2.05, 4.69) is 5.32 Å². The zero-order chi connectivity index (χ0) is 26.4. The minimum absolute atomic E-state index is 0.0579. The van der Waals surface area contributed by atoms with Crippen LogP contribution in [0.1, 0.15) is 56.2 Å². The summed E-state index contributed by atoms with van der Waals surface area (Å²) in [5.74, 6) is 0.676. The molecule has 0 bridgehead atoms. The third-order valence-electron chi connectivity index (χ3n) is 6.86. The van der Waals surface area contributed by atoms with E-state index in [4.69, 9.17) is 10.1 Å². The Morgan fingerprint density at radius 3 is 2.19 bits per heavy atom. The average Bonchev–Trinajstić information content (AvgIpc) is 2.95. The van der Waals surface area contributed by atoms with Gasteiger partial charge in [-0.3, -0.25) is 9.59 Å². The summed E-state index contributed by atoms with van der Waals surface area (Å²) in [6.45, 7) is 3.15. The molecule has 1 heterocycles. The molecule has 3 aromatic carbocycles. The van der Waals surface area contributed by atoms with E-state index in [1.165, 1.54) is 0 Å². The molecule has 3 aromatic rings. The summed E-state index contributed by atoms with van der Waals surface area (Å²) in [4.78, 5) is 27.8. The Morgan fingerprint density at radius 2 is 1.59 bits per heavy atom. The number of aryl methyl sites for hydroxylation is 1. The lowest BCUT2D eigenvalue weighted by atomic mass is 9.88. The van der Waals surface area contributed by atoms with Crippen LogP contribution in [0.15, 0.2) is 73.1 Å². The minimum Gasteiger partial charge on any atom is -0.497 e. The molecule has 0 aromatic heterocycles. The van der Waals surface area contributed by atoms with Crippen LogP contribution >= 0.6 is 0 Å². The molecule has 2 amide bonds. The Labute approximate surface area is 216 Å². The van der Waals surface area contributed by atoms with Crippen LogP contribution < -0.4 is 10.1 Å². The van der Waals surface area contributed by atoms with Crippen molar-refractivity contribution in [1.82, 2.24) is 4.90 Å². The molecular formula is C30H30FN3O3. The van der Waals surface area contributed by atoms with Crippen molar-refractivity contribution in [1.29, 1.82) is 5.41 Å². The van der Waals surface area contributed by atoms with Crippen LogP contribution in [0.2, 0.25) is 0 Å². The van der Waals surface area contributed by atoms with E-state index in [0.29, 0.717) is 53.5 Å². The summed E-state index contributed by atoms with van der Waals surface area (Å²) < 4.78 is 18.0. The van der Waals surface area contributed by atoms with Crippen LogP contribution in [-0.2, 0) is 0 Å². The van der Waals surface area contributed by atoms with Gasteiger partial charge in [0.2, 0.25) is 0 Å². The molecule has 4 rings (SSSR count). The number of rotatable bonds is 7. The van der Waals surface area contributed by atoms with Gasteiger partial charge in [0.25, 0.3) is 11.8 Å². The lowest BCUT2D eigenvalue weighted by Crippen LogP contribution is -2.38. The van der Waals surface area contributed by atoms with Crippen molar-refractivity contribution in [3.8, 4) is 5.75 Å². The molecule has 190 valence electrons. The second kappa shape index (κ2) is 11.6. The first-order valence-electron chi connectivity index (χ1n) is 12.2. The zero-order valence-corrected chi connectivity index (χ0v) is 21.0. The summed E-state index contributed by atoms with van der Waals surface area (Å²) in [6, 6.07) is 19.8. The van der Waals surface area contributed by atoms with Crippen LogP contribution in [0.3, 0.4) is 0 Å². The van der Waals surface area contributed by atoms with Crippen LogP contribution in [0.25, 0.3) is 5.57 Å². The quantitative estimate of drug-likeness (QED) is 0.378. The molecule has 0 saturated carbocycles. The number of halogens is 1. The van der Waals surface area contributed by atoms with Gasteiger partial charge in [-0.15, -0.1) is 0 Å². The Balaban J connectivity index is 1.39. The Bertz CT molecular complexity index is 1310.